The van der Waals surface area contributed by atoms with Crippen LogP contribution in [0.15, 0.2) is 12.3 Å². The van der Waals surface area contributed by atoms with Crippen LogP contribution in [-0.4, -0.2) is 57.2 Å². The van der Waals surface area contributed by atoms with Gasteiger partial charge in [-0.1, -0.05) is 19.8 Å². The monoisotopic (exact) mass is 330 g/mol. The van der Waals surface area contributed by atoms with Crippen molar-refractivity contribution in [3.63, 3.8) is 0 Å². The van der Waals surface area contributed by atoms with Crippen LogP contribution in [0.25, 0.3) is 0 Å². The Morgan fingerprint density at radius 3 is 2.92 bits per heavy atom. The molecule has 24 heavy (non-hydrogen) atoms. The smallest absolute Gasteiger partial charge is 0.272 e. The van der Waals surface area contributed by atoms with E-state index in [4.69, 9.17) is 0 Å². The highest BCUT2D eigenvalue weighted by Crippen LogP contribution is 2.40. The molecule has 0 unspecified atom stereocenters. The quantitative estimate of drug-likeness (QED) is 0.855. The minimum Gasteiger partial charge on any atom is -0.337 e. The Morgan fingerprint density at radius 2 is 2.17 bits per heavy atom. The van der Waals surface area contributed by atoms with Crippen LogP contribution in [0.5, 0.6) is 0 Å². The highest BCUT2D eigenvalue weighted by Gasteiger charge is 2.45. The summed E-state index contributed by atoms with van der Waals surface area (Å²) < 4.78 is 1.71. The first-order chi connectivity index (χ1) is 11.7. The highest BCUT2D eigenvalue weighted by atomic mass is 16.2. The molecule has 1 aromatic rings. The van der Waals surface area contributed by atoms with E-state index in [-0.39, 0.29) is 5.91 Å². The van der Waals surface area contributed by atoms with Crippen molar-refractivity contribution < 1.29 is 4.79 Å². The van der Waals surface area contributed by atoms with Crippen LogP contribution >= 0.6 is 0 Å². The van der Waals surface area contributed by atoms with Gasteiger partial charge in [-0.15, -0.1) is 0 Å². The second-order valence-corrected chi connectivity index (χ2v) is 8.05. The van der Waals surface area contributed by atoms with Crippen LogP contribution in [0.2, 0.25) is 0 Å². The molecule has 3 fully saturated rings. The molecule has 0 saturated carbocycles. The molecule has 5 nitrogen and oxygen atoms in total. The van der Waals surface area contributed by atoms with Gasteiger partial charge in [0.25, 0.3) is 5.91 Å². The molecule has 0 aromatic carbocycles. The molecule has 4 heterocycles. The summed E-state index contributed by atoms with van der Waals surface area (Å²) >= 11 is 0. The fourth-order valence-corrected chi connectivity index (χ4v) is 5.47. The van der Waals surface area contributed by atoms with Crippen molar-refractivity contribution in [2.45, 2.75) is 57.5 Å². The predicted octanol–water partition coefficient (Wildman–Crippen LogP) is 2.54. The first kappa shape index (κ1) is 16.1. The van der Waals surface area contributed by atoms with Gasteiger partial charge in [-0.25, -0.2) is 0 Å². The van der Waals surface area contributed by atoms with Crippen molar-refractivity contribution in [3.05, 3.63) is 18.0 Å². The fourth-order valence-electron chi connectivity index (χ4n) is 5.47. The van der Waals surface area contributed by atoms with Gasteiger partial charge in [0.05, 0.1) is 0 Å². The third kappa shape index (κ3) is 2.77. The molecule has 1 amide bonds. The van der Waals surface area contributed by atoms with Gasteiger partial charge in [0.2, 0.25) is 0 Å². The maximum atomic E-state index is 12.9. The average molecular weight is 330 g/mol. The molecule has 1 aromatic heterocycles. The SMILES string of the molecule is CCC[C@H]1CCC[C@H]2[C@@H]3C[C@@H](CN(C(=O)c4ccnn4C)C3)CN12. The van der Waals surface area contributed by atoms with Crippen molar-refractivity contribution in [2.24, 2.45) is 18.9 Å². The highest BCUT2D eigenvalue weighted by molar-refractivity contribution is 5.92. The molecule has 3 aliphatic rings. The summed E-state index contributed by atoms with van der Waals surface area (Å²) in [6.45, 7) is 5.35. The lowest BCUT2D eigenvalue weighted by molar-refractivity contribution is -0.0520. The molecule has 4 rings (SSSR count). The van der Waals surface area contributed by atoms with E-state index < -0.39 is 0 Å². The number of carbonyl (C=O) groups excluding carboxylic acids is 1. The molecular formula is C19H30N4O. The molecule has 5 heteroatoms. The zero-order valence-corrected chi connectivity index (χ0v) is 15.0. The predicted molar refractivity (Wildman–Crippen MR) is 93.7 cm³/mol. The first-order valence-electron chi connectivity index (χ1n) is 9.70. The fraction of sp³-hybridized carbons (Fsp3) is 0.789. The minimum absolute atomic E-state index is 0.166. The summed E-state index contributed by atoms with van der Waals surface area (Å²) in [4.78, 5) is 17.8. The Balaban J connectivity index is 1.50. The number of hydrogen-bond donors (Lipinski definition) is 0. The van der Waals surface area contributed by atoms with Gasteiger partial charge in [-0.3, -0.25) is 14.4 Å². The zero-order valence-electron chi connectivity index (χ0n) is 15.0. The Labute approximate surface area is 145 Å². The molecule has 3 aliphatic heterocycles. The summed E-state index contributed by atoms with van der Waals surface area (Å²) in [7, 11) is 1.86. The van der Waals surface area contributed by atoms with Crippen molar-refractivity contribution in [1.82, 2.24) is 19.6 Å². The Kier molecular flexibility index (Phi) is 4.37. The largest absolute Gasteiger partial charge is 0.337 e. The molecule has 132 valence electrons. The number of likely N-dealkylation sites (tertiary alicyclic amines) is 1. The molecule has 2 bridgehead atoms. The number of fused-ring (bicyclic) bond motifs is 4. The lowest BCUT2D eigenvalue weighted by Gasteiger charge is -2.55. The number of amides is 1. The molecular weight excluding hydrogens is 300 g/mol. The van der Waals surface area contributed by atoms with Gasteiger partial charge in [-0.05, 0) is 43.6 Å². The Hall–Kier alpha value is -1.36. The number of carbonyl (C=O) groups is 1. The summed E-state index contributed by atoms with van der Waals surface area (Å²) in [5.41, 5.74) is 0.722. The standard InChI is InChI=1S/C19H30N4O/c1-3-5-16-6-4-7-17-15-10-14(12-23(16)17)11-22(13-15)19(24)18-8-9-20-21(18)2/h8-9,14-17H,3-7,10-13H2,1-2H3/t14-,15+,16-,17-/m0/s1. The Bertz CT molecular complexity index is 596. The van der Waals surface area contributed by atoms with Gasteiger partial charge >= 0.3 is 0 Å². The summed E-state index contributed by atoms with van der Waals surface area (Å²) in [5, 5.41) is 4.16. The molecule has 3 saturated heterocycles. The van der Waals surface area contributed by atoms with E-state index in [1.165, 1.54) is 45.1 Å². The number of aromatic nitrogens is 2. The van der Waals surface area contributed by atoms with Crippen molar-refractivity contribution in [2.75, 3.05) is 19.6 Å². The van der Waals surface area contributed by atoms with Crippen molar-refractivity contribution in [1.29, 1.82) is 0 Å². The maximum absolute atomic E-state index is 12.9. The van der Waals surface area contributed by atoms with E-state index in [9.17, 15) is 4.79 Å². The Morgan fingerprint density at radius 1 is 1.29 bits per heavy atom. The second kappa shape index (κ2) is 6.51. The van der Waals surface area contributed by atoms with Crippen LogP contribution in [0.1, 0.15) is 55.9 Å². The minimum atomic E-state index is 0.166. The zero-order chi connectivity index (χ0) is 16.7. The number of nitrogens with zero attached hydrogens (tertiary/aromatic N) is 4. The molecule has 4 atom stereocenters. The second-order valence-electron chi connectivity index (χ2n) is 8.05. The number of rotatable bonds is 3. The molecule has 0 radical (unpaired) electrons. The van der Waals surface area contributed by atoms with E-state index in [2.05, 4.69) is 21.8 Å². The average Bonchev–Trinajstić information content (AvgIpc) is 3.01. The van der Waals surface area contributed by atoms with E-state index >= 15 is 0 Å². The number of hydrogen-bond acceptors (Lipinski definition) is 3. The van der Waals surface area contributed by atoms with Gasteiger partial charge in [0, 0.05) is 45.0 Å². The van der Waals surface area contributed by atoms with Crippen molar-refractivity contribution >= 4 is 5.91 Å². The molecule has 0 spiro atoms. The lowest BCUT2D eigenvalue weighted by atomic mass is 9.74. The van der Waals surface area contributed by atoms with E-state index in [0.29, 0.717) is 17.9 Å². The number of piperidine rings is 3. The third-order valence-corrected chi connectivity index (χ3v) is 6.46. The lowest BCUT2D eigenvalue weighted by Crippen LogP contribution is -2.62. The van der Waals surface area contributed by atoms with Crippen LogP contribution < -0.4 is 0 Å². The van der Waals surface area contributed by atoms with Crippen LogP contribution in [0.4, 0.5) is 0 Å². The van der Waals surface area contributed by atoms with E-state index in [1.807, 2.05) is 13.1 Å². The van der Waals surface area contributed by atoms with Gasteiger partial charge in [-0.2, -0.15) is 5.10 Å². The van der Waals surface area contributed by atoms with Gasteiger partial charge in [0.15, 0.2) is 0 Å². The number of aryl methyl sites for hydroxylation is 1. The normalized spacial score (nSPS) is 33.3. The molecule has 0 N–H and O–H groups in total. The summed E-state index contributed by atoms with van der Waals surface area (Å²) in [6.07, 6.45) is 9.72. The van der Waals surface area contributed by atoms with E-state index in [0.717, 1.165) is 24.8 Å². The van der Waals surface area contributed by atoms with Crippen LogP contribution in [-0.2, 0) is 7.05 Å². The third-order valence-electron chi connectivity index (χ3n) is 6.46. The topological polar surface area (TPSA) is 41.4 Å². The summed E-state index contributed by atoms with van der Waals surface area (Å²) in [5.74, 6) is 1.48. The maximum Gasteiger partial charge on any atom is 0.272 e. The van der Waals surface area contributed by atoms with Gasteiger partial charge in [0.1, 0.15) is 5.69 Å². The summed E-state index contributed by atoms with van der Waals surface area (Å²) in [6, 6.07) is 3.34. The van der Waals surface area contributed by atoms with E-state index in [1.54, 1.807) is 10.9 Å². The van der Waals surface area contributed by atoms with Crippen molar-refractivity contribution in [3.8, 4) is 0 Å². The van der Waals surface area contributed by atoms with Gasteiger partial charge < -0.3 is 4.90 Å². The van der Waals surface area contributed by atoms with Crippen LogP contribution in [0, 0.1) is 11.8 Å². The molecule has 0 aliphatic carbocycles. The van der Waals surface area contributed by atoms with Crippen LogP contribution in [0.3, 0.4) is 0 Å². The first-order valence-corrected chi connectivity index (χ1v) is 9.70.